The van der Waals surface area contributed by atoms with Crippen LogP contribution in [0.15, 0.2) is 29.2 Å². The molecular formula is C16H22N2O5S. The normalized spacial score (nSPS) is 20.7. The number of amides is 1. The third-order valence-corrected chi connectivity index (χ3v) is 5.60. The molecule has 0 radical (unpaired) electrons. The molecule has 0 aromatic heterocycles. The van der Waals surface area contributed by atoms with Crippen molar-refractivity contribution in [1.29, 1.82) is 0 Å². The number of aliphatic carboxylic acids is 1. The summed E-state index contributed by atoms with van der Waals surface area (Å²) in [6.45, 7) is 2.24. The number of carboxylic acid groups (broad SMARTS) is 1. The number of sulfonamides is 1. The lowest BCUT2D eigenvalue weighted by Crippen LogP contribution is -2.24. The fraction of sp³-hybridized carbons (Fsp3) is 0.500. The molecule has 1 aliphatic carbocycles. The second kappa shape index (κ2) is 7.76. The molecule has 0 bridgehead atoms. The predicted octanol–water partition coefficient (Wildman–Crippen LogP) is 1.81. The average molecular weight is 354 g/mol. The highest BCUT2D eigenvalue weighted by Crippen LogP contribution is 2.32. The second-order valence-electron chi connectivity index (χ2n) is 5.96. The third-order valence-electron chi connectivity index (χ3n) is 4.13. The summed E-state index contributed by atoms with van der Waals surface area (Å²) >= 11 is 0. The molecule has 8 heteroatoms. The third kappa shape index (κ3) is 4.55. The van der Waals surface area contributed by atoms with E-state index in [1.54, 1.807) is 0 Å². The Balaban J connectivity index is 1.97. The maximum Gasteiger partial charge on any atom is 0.306 e. The molecule has 2 atom stereocenters. The van der Waals surface area contributed by atoms with E-state index >= 15 is 0 Å². The summed E-state index contributed by atoms with van der Waals surface area (Å²) in [5, 5.41) is 11.7. The molecule has 7 nitrogen and oxygen atoms in total. The summed E-state index contributed by atoms with van der Waals surface area (Å²) in [4.78, 5) is 23.3. The van der Waals surface area contributed by atoms with Crippen molar-refractivity contribution in [3.63, 3.8) is 0 Å². The van der Waals surface area contributed by atoms with Crippen LogP contribution < -0.4 is 10.0 Å². The van der Waals surface area contributed by atoms with Crippen LogP contribution in [0, 0.1) is 11.8 Å². The van der Waals surface area contributed by atoms with Crippen LogP contribution in [0.25, 0.3) is 0 Å². The Morgan fingerprint density at radius 2 is 1.79 bits per heavy atom. The number of rotatable bonds is 7. The molecule has 1 saturated carbocycles. The molecule has 3 N–H and O–H groups in total. The number of carbonyl (C=O) groups is 2. The molecule has 1 aromatic rings. The van der Waals surface area contributed by atoms with Gasteiger partial charge in [-0.05, 0) is 49.9 Å². The zero-order valence-electron chi connectivity index (χ0n) is 13.5. The van der Waals surface area contributed by atoms with Crippen LogP contribution in [0.5, 0.6) is 0 Å². The largest absolute Gasteiger partial charge is 0.481 e. The zero-order valence-corrected chi connectivity index (χ0v) is 14.3. The number of nitrogens with one attached hydrogen (secondary N) is 2. The van der Waals surface area contributed by atoms with Crippen molar-refractivity contribution in [2.45, 2.75) is 37.5 Å². The Hall–Kier alpha value is -1.93. The molecule has 0 heterocycles. The van der Waals surface area contributed by atoms with Crippen molar-refractivity contribution in [3.8, 4) is 0 Å². The highest BCUT2D eigenvalue weighted by molar-refractivity contribution is 7.89. The Bertz CT molecular complexity index is 700. The van der Waals surface area contributed by atoms with Gasteiger partial charge in [-0.1, -0.05) is 6.92 Å². The molecule has 24 heavy (non-hydrogen) atoms. The summed E-state index contributed by atoms with van der Waals surface area (Å²) < 4.78 is 26.4. The molecule has 1 aromatic carbocycles. The summed E-state index contributed by atoms with van der Waals surface area (Å²) in [5.74, 6) is -1.86. The van der Waals surface area contributed by atoms with Gasteiger partial charge >= 0.3 is 5.97 Å². The molecule has 1 amide bonds. The molecule has 0 unspecified atom stereocenters. The molecule has 1 aliphatic rings. The summed E-state index contributed by atoms with van der Waals surface area (Å²) in [7, 11) is -3.53. The number of hydrogen-bond acceptors (Lipinski definition) is 4. The van der Waals surface area contributed by atoms with Gasteiger partial charge in [0, 0.05) is 18.2 Å². The van der Waals surface area contributed by atoms with Gasteiger partial charge in [-0.15, -0.1) is 0 Å². The number of carbonyl (C=O) groups excluding carboxylic acids is 1. The number of anilines is 1. The topological polar surface area (TPSA) is 113 Å². The Morgan fingerprint density at radius 1 is 1.17 bits per heavy atom. The minimum Gasteiger partial charge on any atom is -0.481 e. The quantitative estimate of drug-likeness (QED) is 0.691. The van der Waals surface area contributed by atoms with Gasteiger partial charge in [0.2, 0.25) is 15.9 Å². The average Bonchev–Trinajstić information content (AvgIpc) is 3.04. The maximum atomic E-state index is 12.2. The Labute approximate surface area is 141 Å². The zero-order chi connectivity index (χ0) is 17.7. The van der Waals surface area contributed by atoms with Crippen molar-refractivity contribution < 1.29 is 23.1 Å². The summed E-state index contributed by atoms with van der Waals surface area (Å²) in [6, 6.07) is 5.93. The predicted molar refractivity (Wildman–Crippen MR) is 89.0 cm³/mol. The Morgan fingerprint density at radius 3 is 2.33 bits per heavy atom. The molecule has 132 valence electrons. The van der Waals surface area contributed by atoms with Crippen LogP contribution in [0.1, 0.15) is 32.6 Å². The minimum absolute atomic E-state index is 0.140. The lowest BCUT2D eigenvalue weighted by molar-refractivity contribution is -0.141. The smallest absolute Gasteiger partial charge is 0.306 e. The van der Waals surface area contributed by atoms with Crippen molar-refractivity contribution >= 4 is 27.6 Å². The molecule has 2 rings (SSSR count). The molecular weight excluding hydrogens is 332 g/mol. The first kappa shape index (κ1) is 18.4. The van der Waals surface area contributed by atoms with Crippen LogP contribution in [-0.2, 0) is 19.6 Å². The summed E-state index contributed by atoms with van der Waals surface area (Å²) in [5.41, 5.74) is 0.494. The van der Waals surface area contributed by atoms with Crippen LogP contribution in [0.3, 0.4) is 0 Å². The molecule has 0 aliphatic heterocycles. The standard InChI is InChI=1S/C16H22N2O5S/c1-2-9-17-24(22,23)14-7-5-13(6-8-14)18-15(19)11-3-4-12(10-11)16(20)21/h5-8,11-12,17H,2-4,9-10H2,1H3,(H,18,19)(H,20,21)/t11-,12+/m1/s1. The minimum atomic E-state index is -3.53. The van der Waals surface area contributed by atoms with Gasteiger partial charge in [0.15, 0.2) is 0 Å². The van der Waals surface area contributed by atoms with Gasteiger partial charge in [-0.2, -0.15) is 0 Å². The first-order chi connectivity index (χ1) is 11.3. The first-order valence-electron chi connectivity index (χ1n) is 7.97. The van der Waals surface area contributed by atoms with E-state index < -0.39 is 21.9 Å². The van der Waals surface area contributed by atoms with Gasteiger partial charge in [0.25, 0.3) is 0 Å². The van der Waals surface area contributed by atoms with Gasteiger partial charge in [-0.25, -0.2) is 13.1 Å². The molecule has 0 spiro atoms. The van der Waals surface area contributed by atoms with E-state index in [1.807, 2.05) is 6.92 Å². The second-order valence-corrected chi connectivity index (χ2v) is 7.72. The lowest BCUT2D eigenvalue weighted by Gasteiger charge is -2.11. The highest BCUT2D eigenvalue weighted by Gasteiger charge is 2.33. The lowest BCUT2D eigenvalue weighted by atomic mass is 10.0. The van der Waals surface area contributed by atoms with E-state index in [4.69, 9.17) is 5.11 Å². The van der Waals surface area contributed by atoms with Crippen molar-refractivity contribution in [2.24, 2.45) is 11.8 Å². The van der Waals surface area contributed by atoms with Crippen molar-refractivity contribution in [2.75, 3.05) is 11.9 Å². The fourth-order valence-electron chi connectivity index (χ4n) is 2.73. The highest BCUT2D eigenvalue weighted by atomic mass is 32.2. The van der Waals surface area contributed by atoms with Gasteiger partial charge in [-0.3, -0.25) is 9.59 Å². The van der Waals surface area contributed by atoms with Gasteiger partial charge < -0.3 is 10.4 Å². The van der Waals surface area contributed by atoms with E-state index in [0.29, 0.717) is 37.9 Å². The van der Waals surface area contributed by atoms with Crippen molar-refractivity contribution in [1.82, 2.24) is 4.72 Å². The summed E-state index contributed by atoms with van der Waals surface area (Å²) in [6.07, 6.45) is 2.10. The number of hydrogen-bond donors (Lipinski definition) is 3. The van der Waals surface area contributed by atoms with Crippen LogP contribution >= 0.6 is 0 Å². The number of benzene rings is 1. The van der Waals surface area contributed by atoms with E-state index in [9.17, 15) is 18.0 Å². The van der Waals surface area contributed by atoms with Crippen LogP contribution in [0.2, 0.25) is 0 Å². The maximum absolute atomic E-state index is 12.2. The van der Waals surface area contributed by atoms with Gasteiger partial charge in [0.1, 0.15) is 0 Å². The number of carboxylic acids is 1. The first-order valence-corrected chi connectivity index (χ1v) is 9.45. The van der Waals surface area contributed by atoms with Crippen LogP contribution in [0.4, 0.5) is 5.69 Å². The Kier molecular flexibility index (Phi) is 5.95. The molecule has 0 saturated heterocycles. The monoisotopic (exact) mass is 354 g/mol. The van der Waals surface area contributed by atoms with E-state index in [1.165, 1.54) is 24.3 Å². The van der Waals surface area contributed by atoms with Crippen molar-refractivity contribution in [3.05, 3.63) is 24.3 Å². The van der Waals surface area contributed by atoms with E-state index in [0.717, 1.165) is 0 Å². The molecule has 1 fully saturated rings. The van der Waals surface area contributed by atoms with Gasteiger partial charge in [0.05, 0.1) is 10.8 Å². The van der Waals surface area contributed by atoms with E-state index in [-0.39, 0.29) is 16.7 Å². The SMILES string of the molecule is CCCNS(=O)(=O)c1ccc(NC(=O)[C@@H]2CC[C@H](C(=O)O)C2)cc1. The van der Waals surface area contributed by atoms with E-state index in [2.05, 4.69) is 10.0 Å². The fourth-order valence-corrected chi connectivity index (χ4v) is 3.86. The van der Waals surface area contributed by atoms with Crippen LogP contribution in [-0.4, -0.2) is 31.9 Å².